The highest BCUT2D eigenvalue weighted by atomic mass is 79.9. The van der Waals surface area contributed by atoms with E-state index in [4.69, 9.17) is 0 Å². The Hall–Kier alpha value is -1.16. The molecule has 0 aliphatic carbocycles. The van der Waals surface area contributed by atoms with Gasteiger partial charge in [-0.15, -0.1) is 0 Å². The maximum atomic E-state index is 3.62. The summed E-state index contributed by atoms with van der Waals surface area (Å²) in [5, 5.41) is 3.50. The van der Waals surface area contributed by atoms with Crippen molar-refractivity contribution in [2.45, 2.75) is 19.4 Å². The fourth-order valence-electron chi connectivity index (χ4n) is 3.16. The Kier molecular flexibility index (Phi) is 5.29. The van der Waals surface area contributed by atoms with E-state index in [-0.39, 0.29) is 0 Å². The molecule has 1 N–H and O–H groups in total. The highest BCUT2D eigenvalue weighted by Crippen LogP contribution is 2.30. The van der Waals surface area contributed by atoms with Gasteiger partial charge >= 0.3 is 0 Å². The summed E-state index contributed by atoms with van der Waals surface area (Å²) in [5.41, 5.74) is 4.06. The lowest BCUT2D eigenvalue weighted by Crippen LogP contribution is -2.33. The summed E-state index contributed by atoms with van der Waals surface area (Å²) < 4.78 is 1.15. The third-order valence-corrected chi connectivity index (χ3v) is 4.79. The molecule has 116 valence electrons. The van der Waals surface area contributed by atoms with E-state index in [9.17, 15) is 0 Å². The number of rotatable bonds is 3. The van der Waals surface area contributed by atoms with Crippen LogP contribution in [-0.4, -0.2) is 31.1 Å². The van der Waals surface area contributed by atoms with E-state index in [1.807, 2.05) is 0 Å². The van der Waals surface area contributed by atoms with Gasteiger partial charge in [-0.05, 0) is 43.1 Å². The average molecular weight is 359 g/mol. The zero-order valence-corrected chi connectivity index (χ0v) is 14.6. The molecule has 1 heterocycles. The fourth-order valence-corrected chi connectivity index (χ4v) is 3.58. The molecule has 2 nitrogen and oxygen atoms in total. The van der Waals surface area contributed by atoms with Gasteiger partial charge in [0.2, 0.25) is 0 Å². The van der Waals surface area contributed by atoms with Crippen molar-refractivity contribution in [1.82, 2.24) is 10.2 Å². The normalized spacial score (nSPS) is 17.9. The monoisotopic (exact) mass is 358 g/mol. The van der Waals surface area contributed by atoms with Crippen LogP contribution in [0.4, 0.5) is 0 Å². The van der Waals surface area contributed by atoms with Crippen LogP contribution in [0.3, 0.4) is 0 Å². The molecule has 0 radical (unpaired) electrons. The minimum Gasteiger partial charge on any atom is -0.315 e. The first-order valence-corrected chi connectivity index (χ1v) is 8.80. The number of benzene rings is 2. The quantitative estimate of drug-likeness (QED) is 0.886. The van der Waals surface area contributed by atoms with Crippen LogP contribution in [0, 0.1) is 6.92 Å². The Balaban J connectivity index is 1.99. The molecule has 0 bridgehead atoms. The lowest BCUT2D eigenvalue weighted by atomic mass is 9.96. The Bertz CT molecular complexity index is 601. The Labute approximate surface area is 141 Å². The first-order chi connectivity index (χ1) is 10.7. The molecule has 1 fully saturated rings. The van der Waals surface area contributed by atoms with Gasteiger partial charge in [0.05, 0.1) is 6.04 Å². The number of aryl methyl sites for hydroxylation is 1. The van der Waals surface area contributed by atoms with Gasteiger partial charge in [-0.3, -0.25) is 4.90 Å². The van der Waals surface area contributed by atoms with E-state index < -0.39 is 0 Å². The van der Waals surface area contributed by atoms with E-state index in [1.54, 1.807) is 0 Å². The molecule has 1 aliphatic rings. The first-order valence-electron chi connectivity index (χ1n) is 8.01. The van der Waals surface area contributed by atoms with Crippen LogP contribution in [0.15, 0.2) is 53.0 Å². The molecule has 22 heavy (non-hydrogen) atoms. The van der Waals surface area contributed by atoms with Crippen molar-refractivity contribution in [3.63, 3.8) is 0 Å². The van der Waals surface area contributed by atoms with E-state index in [1.165, 1.54) is 23.1 Å². The lowest BCUT2D eigenvalue weighted by Gasteiger charge is -2.31. The maximum Gasteiger partial charge on any atom is 0.0602 e. The Morgan fingerprint density at radius 3 is 2.59 bits per heavy atom. The number of hydrogen-bond donors (Lipinski definition) is 1. The van der Waals surface area contributed by atoms with Crippen molar-refractivity contribution in [2.24, 2.45) is 0 Å². The second kappa shape index (κ2) is 7.40. The summed E-state index contributed by atoms with van der Waals surface area (Å²) in [6.07, 6.45) is 1.20. The molecule has 0 amide bonds. The molecule has 3 rings (SSSR count). The van der Waals surface area contributed by atoms with E-state index in [0.717, 1.165) is 30.7 Å². The van der Waals surface area contributed by atoms with Gasteiger partial charge in [-0.2, -0.15) is 0 Å². The van der Waals surface area contributed by atoms with Crippen LogP contribution in [0.1, 0.15) is 29.2 Å². The minimum atomic E-state index is 0.331. The molecule has 3 heteroatoms. The highest BCUT2D eigenvalue weighted by molar-refractivity contribution is 9.10. The molecular weight excluding hydrogens is 336 g/mol. The number of nitrogens with zero attached hydrogens (tertiary/aromatic N) is 1. The summed E-state index contributed by atoms with van der Waals surface area (Å²) in [5.74, 6) is 0. The van der Waals surface area contributed by atoms with Crippen molar-refractivity contribution >= 4 is 15.9 Å². The number of nitrogens with one attached hydrogen (secondary N) is 1. The summed E-state index contributed by atoms with van der Waals surface area (Å²) in [6.45, 7) is 6.56. The van der Waals surface area contributed by atoms with Gasteiger partial charge in [0.15, 0.2) is 0 Å². The SMILES string of the molecule is Cc1ccc(C(c2cccc(Br)c2)N2CCCNCC2)cc1. The third kappa shape index (κ3) is 3.78. The Morgan fingerprint density at radius 2 is 1.82 bits per heavy atom. The van der Waals surface area contributed by atoms with Gasteiger partial charge < -0.3 is 5.32 Å². The van der Waals surface area contributed by atoms with Gasteiger partial charge in [0, 0.05) is 24.1 Å². The Morgan fingerprint density at radius 1 is 1.00 bits per heavy atom. The summed E-state index contributed by atoms with van der Waals surface area (Å²) in [7, 11) is 0. The standard InChI is InChI=1S/C19H23BrN2/c1-15-6-8-16(9-7-15)19(17-4-2-5-18(20)14-17)22-12-3-10-21-11-13-22/h2,4-9,14,19,21H,3,10-13H2,1H3. The van der Waals surface area contributed by atoms with E-state index in [2.05, 4.69) is 81.6 Å². The van der Waals surface area contributed by atoms with Crippen molar-refractivity contribution in [2.75, 3.05) is 26.2 Å². The summed E-state index contributed by atoms with van der Waals surface area (Å²) in [6, 6.07) is 18.1. The lowest BCUT2D eigenvalue weighted by molar-refractivity contribution is 0.241. The molecule has 1 saturated heterocycles. The molecule has 1 atom stereocenters. The van der Waals surface area contributed by atoms with Gasteiger partial charge in [-0.25, -0.2) is 0 Å². The van der Waals surface area contributed by atoms with Crippen LogP contribution < -0.4 is 5.32 Å². The first kappa shape index (κ1) is 15.7. The smallest absolute Gasteiger partial charge is 0.0602 e. The summed E-state index contributed by atoms with van der Waals surface area (Å²) >= 11 is 3.62. The van der Waals surface area contributed by atoms with Crippen molar-refractivity contribution < 1.29 is 0 Å². The highest BCUT2D eigenvalue weighted by Gasteiger charge is 2.23. The maximum absolute atomic E-state index is 3.62. The molecule has 2 aromatic carbocycles. The van der Waals surface area contributed by atoms with Crippen LogP contribution in [0.5, 0.6) is 0 Å². The van der Waals surface area contributed by atoms with Crippen molar-refractivity contribution in [1.29, 1.82) is 0 Å². The topological polar surface area (TPSA) is 15.3 Å². The van der Waals surface area contributed by atoms with Gasteiger partial charge in [0.1, 0.15) is 0 Å². The largest absolute Gasteiger partial charge is 0.315 e. The van der Waals surface area contributed by atoms with Crippen LogP contribution >= 0.6 is 15.9 Å². The zero-order valence-electron chi connectivity index (χ0n) is 13.1. The van der Waals surface area contributed by atoms with Gasteiger partial charge in [-0.1, -0.05) is 57.9 Å². The summed E-state index contributed by atoms with van der Waals surface area (Å²) in [4.78, 5) is 2.60. The van der Waals surface area contributed by atoms with Gasteiger partial charge in [0.25, 0.3) is 0 Å². The molecule has 1 aliphatic heterocycles. The second-order valence-electron chi connectivity index (χ2n) is 6.01. The zero-order chi connectivity index (χ0) is 15.4. The average Bonchev–Trinajstić information content (AvgIpc) is 2.79. The van der Waals surface area contributed by atoms with E-state index >= 15 is 0 Å². The predicted molar refractivity (Wildman–Crippen MR) is 96.2 cm³/mol. The van der Waals surface area contributed by atoms with Crippen LogP contribution in [0.25, 0.3) is 0 Å². The molecule has 0 saturated carbocycles. The van der Waals surface area contributed by atoms with Crippen molar-refractivity contribution in [3.8, 4) is 0 Å². The third-order valence-electron chi connectivity index (χ3n) is 4.30. The molecular formula is C19H23BrN2. The molecule has 1 unspecified atom stereocenters. The van der Waals surface area contributed by atoms with Crippen LogP contribution in [-0.2, 0) is 0 Å². The fraction of sp³-hybridized carbons (Fsp3) is 0.368. The predicted octanol–water partition coefficient (Wildman–Crippen LogP) is 4.14. The van der Waals surface area contributed by atoms with E-state index in [0.29, 0.717) is 6.04 Å². The van der Waals surface area contributed by atoms with Crippen molar-refractivity contribution in [3.05, 3.63) is 69.7 Å². The number of halogens is 1. The second-order valence-corrected chi connectivity index (χ2v) is 6.92. The molecule has 0 spiro atoms. The minimum absolute atomic E-state index is 0.331. The van der Waals surface area contributed by atoms with Crippen LogP contribution in [0.2, 0.25) is 0 Å². The molecule has 0 aromatic heterocycles. The number of hydrogen-bond acceptors (Lipinski definition) is 2. The molecule has 2 aromatic rings.